The van der Waals surface area contributed by atoms with Crippen LogP contribution in [0.5, 0.6) is 17.2 Å². The van der Waals surface area contributed by atoms with Crippen molar-refractivity contribution in [2.24, 2.45) is 10.7 Å². The molecule has 0 spiro atoms. The lowest BCUT2D eigenvalue weighted by molar-refractivity contribution is 0.352. The first-order valence-electron chi connectivity index (χ1n) is 7.29. The number of rotatable bonds is 6. The van der Waals surface area contributed by atoms with E-state index in [4.69, 9.17) is 31.5 Å². The van der Waals surface area contributed by atoms with Gasteiger partial charge >= 0.3 is 0 Å². The molecule has 0 atom stereocenters. The molecule has 0 saturated carbocycles. The third-order valence-corrected chi connectivity index (χ3v) is 4.23. The number of hydrogen-bond acceptors (Lipinski definition) is 4. The molecule has 0 aromatic heterocycles. The first-order chi connectivity index (χ1) is 12.0. The van der Waals surface area contributed by atoms with Crippen LogP contribution in [0.25, 0.3) is 0 Å². The zero-order valence-corrected chi connectivity index (χ0v) is 16.4. The number of nitrogens with zero attached hydrogens (tertiary/aromatic N) is 1. The molecule has 0 amide bonds. The molecule has 3 N–H and O–H groups in total. The van der Waals surface area contributed by atoms with Gasteiger partial charge in [-0.25, -0.2) is 4.99 Å². The normalized spacial score (nSPS) is 11.2. The molecule has 0 aliphatic heterocycles. The van der Waals surface area contributed by atoms with Crippen LogP contribution >= 0.6 is 27.5 Å². The largest absolute Gasteiger partial charge is 0.495 e. The van der Waals surface area contributed by atoms with Crippen LogP contribution in [-0.4, -0.2) is 27.3 Å². The molecule has 8 heteroatoms. The molecule has 0 radical (unpaired) electrons. The fraction of sp³-hybridized carbons (Fsp3) is 0.235. The second-order valence-electron chi connectivity index (χ2n) is 4.99. The summed E-state index contributed by atoms with van der Waals surface area (Å²) in [4.78, 5) is 4.33. The predicted molar refractivity (Wildman–Crippen MR) is 104 cm³/mol. The Labute approximate surface area is 160 Å². The number of methoxy groups -OCH3 is 3. The molecule has 0 unspecified atom stereocenters. The van der Waals surface area contributed by atoms with Gasteiger partial charge in [0.05, 0.1) is 37.4 Å². The number of aliphatic imine (C=N–C) groups is 1. The van der Waals surface area contributed by atoms with Gasteiger partial charge in [-0.1, -0.05) is 11.6 Å². The topological polar surface area (TPSA) is 78.1 Å². The van der Waals surface area contributed by atoms with E-state index < -0.39 is 0 Å². The van der Waals surface area contributed by atoms with Crippen molar-refractivity contribution in [3.05, 3.63) is 45.4 Å². The molecular formula is C17H19BrClN3O3. The highest BCUT2D eigenvalue weighted by Crippen LogP contribution is 2.36. The molecule has 2 rings (SSSR count). The van der Waals surface area contributed by atoms with E-state index in [0.29, 0.717) is 28.8 Å². The van der Waals surface area contributed by atoms with Crippen molar-refractivity contribution in [2.75, 3.05) is 26.6 Å². The molecule has 0 heterocycles. The fourth-order valence-electron chi connectivity index (χ4n) is 2.17. The summed E-state index contributed by atoms with van der Waals surface area (Å²) >= 11 is 9.54. The highest BCUT2D eigenvalue weighted by Gasteiger charge is 2.10. The van der Waals surface area contributed by atoms with Gasteiger partial charge < -0.3 is 25.3 Å². The Kier molecular flexibility index (Phi) is 6.78. The molecule has 134 valence electrons. The highest BCUT2D eigenvalue weighted by molar-refractivity contribution is 9.10. The molecular weight excluding hydrogens is 410 g/mol. The zero-order chi connectivity index (χ0) is 18.4. The van der Waals surface area contributed by atoms with Gasteiger partial charge in [-0.15, -0.1) is 0 Å². The van der Waals surface area contributed by atoms with E-state index >= 15 is 0 Å². The minimum absolute atomic E-state index is 0.271. The fourth-order valence-corrected chi connectivity index (χ4v) is 3.08. The number of hydrogen-bond donors (Lipinski definition) is 2. The molecule has 2 aromatic carbocycles. The van der Waals surface area contributed by atoms with Gasteiger partial charge in [0.15, 0.2) is 17.5 Å². The number of guanidine groups is 1. The van der Waals surface area contributed by atoms with E-state index in [1.54, 1.807) is 39.5 Å². The summed E-state index contributed by atoms with van der Waals surface area (Å²) in [6.07, 6.45) is 0. The van der Waals surface area contributed by atoms with Gasteiger partial charge in [0.25, 0.3) is 0 Å². The van der Waals surface area contributed by atoms with Crippen LogP contribution in [-0.2, 0) is 6.54 Å². The second-order valence-corrected chi connectivity index (χ2v) is 6.25. The van der Waals surface area contributed by atoms with Gasteiger partial charge in [0, 0.05) is 5.69 Å². The van der Waals surface area contributed by atoms with Gasteiger partial charge in [0.2, 0.25) is 0 Å². The van der Waals surface area contributed by atoms with E-state index in [1.165, 1.54) is 0 Å². The molecule has 6 nitrogen and oxygen atoms in total. The molecule has 2 aromatic rings. The Hall–Kier alpha value is -2.12. The maximum atomic E-state index is 6.09. The second kappa shape index (κ2) is 8.82. The number of nitrogens with two attached hydrogens (primary N) is 1. The van der Waals surface area contributed by atoms with E-state index in [9.17, 15) is 0 Å². The van der Waals surface area contributed by atoms with E-state index in [1.807, 2.05) is 12.1 Å². The van der Waals surface area contributed by atoms with Crippen LogP contribution in [0.3, 0.4) is 0 Å². The average molecular weight is 429 g/mol. The zero-order valence-electron chi connectivity index (χ0n) is 14.1. The number of ether oxygens (including phenoxy) is 3. The lowest BCUT2D eigenvalue weighted by Gasteiger charge is -2.11. The lowest BCUT2D eigenvalue weighted by atomic mass is 10.2. The van der Waals surface area contributed by atoms with Gasteiger partial charge in [-0.2, -0.15) is 0 Å². The number of benzene rings is 2. The SMILES string of the molecule is COc1ccc(NC(N)=NCc2cc(Br)c(OC)c(OC)c2)cc1Cl. The van der Waals surface area contributed by atoms with Crippen molar-refractivity contribution < 1.29 is 14.2 Å². The molecule has 25 heavy (non-hydrogen) atoms. The summed E-state index contributed by atoms with van der Waals surface area (Å²) in [6.45, 7) is 0.377. The molecule has 0 aliphatic carbocycles. The maximum absolute atomic E-state index is 6.09. The van der Waals surface area contributed by atoms with Gasteiger partial charge in [-0.05, 0) is 51.8 Å². The van der Waals surface area contributed by atoms with Crippen LogP contribution < -0.4 is 25.3 Å². The monoisotopic (exact) mass is 427 g/mol. The van der Waals surface area contributed by atoms with Crippen LogP contribution in [0.4, 0.5) is 5.69 Å². The van der Waals surface area contributed by atoms with Gasteiger partial charge in [0.1, 0.15) is 5.75 Å². The number of anilines is 1. The van der Waals surface area contributed by atoms with Crippen LogP contribution in [0.1, 0.15) is 5.56 Å². The smallest absolute Gasteiger partial charge is 0.193 e. The van der Waals surface area contributed by atoms with Crippen molar-refractivity contribution in [3.63, 3.8) is 0 Å². The van der Waals surface area contributed by atoms with E-state index in [-0.39, 0.29) is 5.96 Å². The Morgan fingerprint density at radius 2 is 1.84 bits per heavy atom. The van der Waals surface area contributed by atoms with Crippen LogP contribution in [0, 0.1) is 0 Å². The first-order valence-corrected chi connectivity index (χ1v) is 8.46. The van der Waals surface area contributed by atoms with Crippen molar-refractivity contribution in [1.82, 2.24) is 0 Å². The molecule has 0 saturated heterocycles. The summed E-state index contributed by atoms with van der Waals surface area (Å²) in [5.41, 5.74) is 7.58. The molecule has 0 bridgehead atoms. The highest BCUT2D eigenvalue weighted by atomic mass is 79.9. The summed E-state index contributed by atoms with van der Waals surface area (Å²) in [6, 6.07) is 9.03. The van der Waals surface area contributed by atoms with Crippen LogP contribution in [0.15, 0.2) is 39.8 Å². The minimum atomic E-state index is 0.271. The summed E-state index contributed by atoms with van der Waals surface area (Å²) < 4.78 is 16.5. The maximum Gasteiger partial charge on any atom is 0.193 e. The van der Waals surface area contributed by atoms with Crippen molar-refractivity contribution in [1.29, 1.82) is 0 Å². The van der Waals surface area contributed by atoms with Crippen LogP contribution in [0.2, 0.25) is 5.02 Å². The Morgan fingerprint density at radius 1 is 1.12 bits per heavy atom. The quantitative estimate of drug-likeness (QED) is 0.536. The standard InChI is InChI=1S/C17H19BrClN3O3/c1-23-14-5-4-11(8-13(14)19)22-17(20)21-9-10-6-12(18)16(25-3)15(7-10)24-2/h4-8H,9H2,1-3H3,(H3,20,21,22). The summed E-state index contributed by atoms with van der Waals surface area (Å²) in [5, 5.41) is 3.48. The Morgan fingerprint density at radius 3 is 2.44 bits per heavy atom. The Bertz CT molecular complexity index is 784. The lowest BCUT2D eigenvalue weighted by Crippen LogP contribution is -2.22. The number of halogens is 2. The summed E-state index contributed by atoms with van der Waals surface area (Å²) in [7, 11) is 4.73. The molecule has 0 fully saturated rings. The van der Waals surface area contributed by atoms with Crippen molar-refractivity contribution in [2.45, 2.75) is 6.54 Å². The Balaban J connectivity index is 2.11. The number of nitrogens with one attached hydrogen (secondary N) is 1. The third-order valence-electron chi connectivity index (χ3n) is 3.35. The van der Waals surface area contributed by atoms with E-state index in [0.717, 1.165) is 15.7 Å². The average Bonchev–Trinajstić information content (AvgIpc) is 2.59. The first kappa shape index (κ1) is 19.2. The summed E-state index contributed by atoms with van der Waals surface area (Å²) in [5.74, 6) is 2.12. The van der Waals surface area contributed by atoms with E-state index in [2.05, 4.69) is 26.2 Å². The van der Waals surface area contributed by atoms with Crippen molar-refractivity contribution in [3.8, 4) is 17.2 Å². The third kappa shape index (κ3) is 4.93. The van der Waals surface area contributed by atoms with Gasteiger partial charge in [-0.3, -0.25) is 0 Å². The minimum Gasteiger partial charge on any atom is -0.495 e. The predicted octanol–water partition coefficient (Wildman–Crippen LogP) is 4.06. The van der Waals surface area contributed by atoms with Crippen molar-refractivity contribution >= 4 is 39.2 Å². The molecule has 0 aliphatic rings.